The zero-order valence-electron chi connectivity index (χ0n) is 11.0. The number of anilines is 1. The summed E-state index contributed by atoms with van der Waals surface area (Å²) >= 11 is 0. The minimum atomic E-state index is -3.61. The van der Waals surface area contributed by atoms with Crippen molar-refractivity contribution in [2.45, 2.75) is 11.4 Å². The Morgan fingerprint density at radius 2 is 2.19 bits per heavy atom. The summed E-state index contributed by atoms with van der Waals surface area (Å²) in [4.78, 5) is 0.0972. The number of nitrogens with zero attached hydrogens (tertiary/aromatic N) is 3. The van der Waals surface area contributed by atoms with Crippen LogP contribution in [0.5, 0.6) is 0 Å². The summed E-state index contributed by atoms with van der Waals surface area (Å²) in [6, 6.07) is 9.03. The highest BCUT2D eigenvalue weighted by Crippen LogP contribution is 2.16. The Balaban J connectivity index is 1.80. The van der Waals surface area contributed by atoms with Gasteiger partial charge < -0.3 is 0 Å². The molecule has 0 aliphatic rings. The predicted octanol–water partition coefficient (Wildman–Crippen LogP) is 1.46. The zero-order chi connectivity index (χ0) is 14.7. The van der Waals surface area contributed by atoms with Crippen LogP contribution in [0.4, 0.5) is 5.69 Å². The average molecular weight is 303 g/mol. The quantitative estimate of drug-likeness (QED) is 0.746. The molecule has 0 aliphatic carbocycles. The number of hydrogen-bond donors (Lipinski definition) is 2. The third-order valence-electron chi connectivity index (χ3n) is 2.87. The molecular formula is C13H13N5O2S. The summed E-state index contributed by atoms with van der Waals surface area (Å²) in [5, 5.41) is 10.2. The number of aromatic amines is 1. The first-order valence-corrected chi connectivity index (χ1v) is 7.70. The highest BCUT2D eigenvalue weighted by molar-refractivity contribution is 7.92. The first-order chi connectivity index (χ1) is 10.1. The van der Waals surface area contributed by atoms with Gasteiger partial charge in [0.05, 0.1) is 12.7 Å². The molecule has 0 aliphatic heterocycles. The van der Waals surface area contributed by atoms with Crippen LogP contribution < -0.4 is 4.72 Å². The van der Waals surface area contributed by atoms with Gasteiger partial charge in [0, 0.05) is 24.3 Å². The van der Waals surface area contributed by atoms with Gasteiger partial charge in [-0.2, -0.15) is 10.2 Å². The lowest BCUT2D eigenvalue weighted by atomic mass is 10.2. The normalized spacial score (nSPS) is 11.4. The van der Waals surface area contributed by atoms with Crippen molar-refractivity contribution in [3.05, 3.63) is 60.7 Å². The van der Waals surface area contributed by atoms with Crippen LogP contribution in [0.2, 0.25) is 0 Å². The smallest absolute Gasteiger partial charge is 0.265 e. The summed E-state index contributed by atoms with van der Waals surface area (Å²) in [5.74, 6) is 0. The van der Waals surface area contributed by atoms with Crippen LogP contribution in [0, 0.1) is 0 Å². The van der Waals surface area contributed by atoms with Crippen molar-refractivity contribution in [3.63, 3.8) is 0 Å². The maximum atomic E-state index is 12.1. The standard InChI is InChI=1S/C13H13N5O2S/c19-21(20,13-8-14-15-9-13)17-12-4-1-3-11(7-12)10-18-6-2-5-16-18/h1-9,17H,10H2,(H,14,15). The van der Waals surface area contributed by atoms with Crippen LogP contribution in [0.1, 0.15) is 5.56 Å². The molecule has 2 N–H and O–H groups in total. The van der Waals surface area contributed by atoms with E-state index < -0.39 is 10.0 Å². The Hall–Kier alpha value is -2.61. The second-order valence-electron chi connectivity index (χ2n) is 4.44. The summed E-state index contributed by atoms with van der Waals surface area (Å²) in [7, 11) is -3.61. The Kier molecular flexibility index (Phi) is 3.44. The second kappa shape index (κ2) is 5.41. The number of nitrogens with one attached hydrogen (secondary N) is 2. The van der Waals surface area contributed by atoms with Crippen LogP contribution in [0.3, 0.4) is 0 Å². The number of benzene rings is 1. The van der Waals surface area contributed by atoms with Gasteiger partial charge in [-0.3, -0.25) is 14.5 Å². The fourth-order valence-electron chi connectivity index (χ4n) is 1.91. The first kappa shape index (κ1) is 13.4. The van der Waals surface area contributed by atoms with Crippen LogP contribution in [-0.4, -0.2) is 28.4 Å². The lowest BCUT2D eigenvalue weighted by molar-refractivity contribution is 0.601. The molecule has 2 heterocycles. The van der Waals surface area contributed by atoms with Gasteiger partial charge in [0.2, 0.25) is 0 Å². The number of H-pyrrole nitrogens is 1. The van der Waals surface area contributed by atoms with Gasteiger partial charge in [-0.1, -0.05) is 12.1 Å². The monoisotopic (exact) mass is 303 g/mol. The molecule has 0 spiro atoms. The van der Waals surface area contributed by atoms with Crippen molar-refractivity contribution in [1.82, 2.24) is 20.0 Å². The average Bonchev–Trinajstić information content (AvgIpc) is 3.11. The molecule has 3 aromatic rings. The summed E-state index contributed by atoms with van der Waals surface area (Å²) in [6.07, 6.45) is 6.14. The fraction of sp³-hybridized carbons (Fsp3) is 0.0769. The van der Waals surface area contributed by atoms with E-state index in [0.717, 1.165) is 5.56 Å². The maximum absolute atomic E-state index is 12.1. The number of hydrogen-bond acceptors (Lipinski definition) is 4. The molecule has 0 saturated heterocycles. The van der Waals surface area contributed by atoms with Crippen molar-refractivity contribution in [2.75, 3.05) is 4.72 Å². The van der Waals surface area contributed by atoms with E-state index in [0.29, 0.717) is 12.2 Å². The van der Waals surface area contributed by atoms with Crippen molar-refractivity contribution in [3.8, 4) is 0 Å². The molecule has 3 rings (SSSR count). The first-order valence-electron chi connectivity index (χ1n) is 6.21. The van der Waals surface area contributed by atoms with E-state index in [4.69, 9.17) is 0 Å². The van der Waals surface area contributed by atoms with Crippen molar-refractivity contribution < 1.29 is 8.42 Å². The Morgan fingerprint density at radius 1 is 1.29 bits per heavy atom. The highest BCUT2D eigenvalue weighted by atomic mass is 32.2. The molecule has 8 heteroatoms. The highest BCUT2D eigenvalue weighted by Gasteiger charge is 2.15. The van der Waals surface area contributed by atoms with Crippen molar-refractivity contribution in [2.24, 2.45) is 0 Å². The fourth-order valence-corrected chi connectivity index (χ4v) is 2.87. The largest absolute Gasteiger partial charge is 0.284 e. The zero-order valence-corrected chi connectivity index (χ0v) is 11.8. The number of aromatic nitrogens is 4. The molecule has 0 saturated carbocycles. The molecule has 0 radical (unpaired) electrons. The SMILES string of the molecule is O=S(=O)(Nc1cccc(Cn2cccn2)c1)c1cn[nH]c1. The van der Waals surface area contributed by atoms with Gasteiger partial charge in [0.1, 0.15) is 4.90 Å². The van der Waals surface area contributed by atoms with Crippen molar-refractivity contribution in [1.29, 1.82) is 0 Å². The van der Waals surface area contributed by atoms with Gasteiger partial charge in [-0.05, 0) is 23.8 Å². The molecule has 0 unspecified atom stereocenters. The Labute approximate surface area is 121 Å². The van der Waals surface area contributed by atoms with E-state index in [2.05, 4.69) is 20.0 Å². The summed E-state index contributed by atoms with van der Waals surface area (Å²) in [6.45, 7) is 0.578. The Morgan fingerprint density at radius 3 is 2.90 bits per heavy atom. The van der Waals surface area contributed by atoms with Gasteiger partial charge in [0.15, 0.2) is 0 Å². The van der Waals surface area contributed by atoms with E-state index >= 15 is 0 Å². The third-order valence-corrected chi connectivity index (χ3v) is 4.21. The van der Waals surface area contributed by atoms with Crippen LogP contribution in [0.15, 0.2) is 60.0 Å². The van der Waals surface area contributed by atoms with Crippen LogP contribution >= 0.6 is 0 Å². The molecule has 0 fully saturated rings. The molecule has 1 aromatic carbocycles. The van der Waals surface area contributed by atoms with Gasteiger partial charge in [-0.15, -0.1) is 0 Å². The lowest BCUT2D eigenvalue weighted by Crippen LogP contribution is -2.12. The Bertz CT molecular complexity index is 810. The van der Waals surface area contributed by atoms with Crippen LogP contribution in [0.25, 0.3) is 0 Å². The van der Waals surface area contributed by atoms with Crippen molar-refractivity contribution >= 4 is 15.7 Å². The third kappa shape index (κ3) is 3.11. The molecule has 0 amide bonds. The minimum absolute atomic E-state index is 0.0972. The van der Waals surface area contributed by atoms with E-state index in [1.807, 2.05) is 18.3 Å². The van der Waals surface area contributed by atoms with Gasteiger partial charge >= 0.3 is 0 Å². The number of rotatable bonds is 5. The van der Waals surface area contributed by atoms with Crippen LogP contribution in [-0.2, 0) is 16.6 Å². The topological polar surface area (TPSA) is 92.7 Å². The predicted molar refractivity (Wildman–Crippen MR) is 77.2 cm³/mol. The molecule has 21 heavy (non-hydrogen) atoms. The molecule has 108 valence electrons. The molecule has 0 bridgehead atoms. The van der Waals surface area contributed by atoms with E-state index in [-0.39, 0.29) is 4.90 Å². The van der Waals surface area contributed by atoms with E-state index in [1.165, 1.54) is 12.4 Å². The maximum Gasteiger partial charge on any atom is 0.265 e. The molecular weight excluding hydrogens is 290 g/mol. The van der Waals surface area contributed by atoms with Gasteiger partial charge in [0.25, 0.3) is 10.0 Å². The summed E-state index contributed by atoms with van der Waals surface area (Å²) < 4.78 is 28.5. The van der Waals surface area contributed by atoms with E-state index in [1.54, 1.807) is 29.1 Å². The number of sulfonamides is 1. The minimum Gasteiger partial charge on any atom is -0.284 e. The second-order valence-corrected chi connectivity index (χ2v) is 6.13. The summed E-state index contributed by atoms with van der Waals surface area (Å²) in [5.41, 5.74) is 1.45. The van der Waals surface area contributed by atoms with Gasteiger partial charge in [-0.25, -0.2) is 8.42 Å². The lowest BCUT2D eigenvalue weighted by Gasteiger charge is -2.08. The molecule has 2 aromatic heterocycles. The molecule has 0 atom stereocenters. The molecule has 7 nitrogen and oxygen atoms in total. The van der Waals surface area contributed by atoms with E-state index in [9.17, 15) is 8.42 Å².